The van der Waals surface area contributed by atoms with Crippen LogP contribution in [0.4, 0.5) is 0 Å². The fourth-order valence-electron chi connectivity index (χ4n) is 1.93. The van der Waals surface area contributed by atoms with Crippen LogP contribution in [0.15, 0.2) is 27.6 Å². The molecule has 0 amide bonds. The molecule has 1 aliphatic rings. The second-order valence-corrected chi connectivity index (χ2v) is 7.74. The fraction of sp³-hybridized carbons (Fsp3) is 0.455. The number of benzene rings is 1. The van der Waals surface area contributed by atoms with Gasteiger partial charge in [-0.3, -0.25) is 0 Å². The number of halogens is 2. The van der Waals surface area contributed by atoms with Crippen LogP contribution in [-0.2, 0) is 10.0 Å². The monoisotopic (exact) mass is 352 g/mol. The number of nitrogens with two attached hydrogens (primary N) is 1. The molecule has 18 heavy (non-hydrogen) atoms. The molecule has 0 aromatic heterocycles. The van der Waals surface area contributed by atoms with Crippen molar-refractivity contribution in [2.24, 2.45) is 11.7 Å². The van der Waals surface area contributed by atoms with Crippen LogP contribution in [0.3, 0.4) is 0 Å². The lowest BCUT2D eigenvalue weighted by atomic mass is 10.1. The number of nitrogens with zero attached hydrogens (tertiary/aromatic N) is 1. The van der Waals surface area contributed by atoms with E-state index in [0.717, 1.165) is 0 Å². The zero-order valence-corrected chi connectivity index (χ0v) is 13.0. The Labute approximate surface area is 120 Å². The minimum atomic E-state index is -3.48. The third kappa shape index (κ3) is 2.58. The normalized spacial score (nSPS) is 25.6. The Balaban J connectivity index is 2.34. The highest BCUT2D eigenvalue weighted by Crippen LogP contribution is 2.29. The second kappa shape index (κ2) is 5.09. The highest BCUT2D eigenvalue weighted by atomic mass is 79.9. The molecule has 0 aliphatic carbocycles. The Kier molecular flexibility index (Phi) is 4.04. The summed E-state index contributed by atoms with van der Waals surface area (Å²) in [5.74, 6) is 0.176. The van der Waals surface area contributed by atoms with Crippen molar-refractivity contribution in [3.63, 3.8) is 0 Å². The van der Waals surface area contributed by atoms with Crippen LogP contribution in [0.2, 0.25) is 5.02 Å². The molecule has 7 heteroatoms. The van der Waals surface area contributed by atoms with Crippen molar-refractivity contribution in [3.05, 3.63) is 27.7 Å². The van der Waals surface area contributed by atoms with Crippen LogP contribution in [0, 0.1) is 5.92 Å². The van der Waals surface area contributed by atoms with Crippen molar-refractivity contribution in [3.8, 4) is 0 Å². The van der Waals surface area contributed by atoms with E-state index >= 15 is 0 Å². The minimum Gasteiger partial charge on any atom is -0.326 e. The minimum absolute atomic E-state index is 0.101. The molecule has 100 valence electrons. The number of sulfonamides is 1. The average Bonchev–Trinajstić information content (AvgIpc) is 2.64. The van der Waals surface area contributed by atoms with Gasteiger partial charge in [0.05, 0.1) is 9.92 Å². The van der Waals surface area contributed by atoms with E-state index in [-0.39, 0.29) is 16.9 Å². The average molecular weight is 354 g/mol. The summed E-state index contributed by atoms with van der Waals surface area (Å²) in [6.45, 7) is 2.78. The molecule has 0 radical (unpaired) electrons. The predicted molar refractivity (Wildman–Crippen MR) is 75.1 cm³/mol. The van der Waals surface area contributed by atoms with E-state index in [9.17, 15) is 8.42 Å². The van der Waals surface area contributed by atoms with Gasteiger partial charge in [-0.2, -0.15) is 4.31 Å². The number of hydrogen-bond acceptors (Lipinski definition) is 3. The van der Waals surface area contributed by atoms with E-state index in [1.807, 2.05) is 6.92 Å². The van der Waals surface area contributed by atoms with Crippen LogP contribution in [0.5, 0.6) is 0 Å². The maximum Gasteiger partial charge on any atom is 0.243 e. The Hall–Kier alpha value is -0.140. The van der Waals surface area contributed by atoms with Crippen molar-refractivity contribution in [2.45, 2.75) is 17.9 Å². The van der Waals surface area contributed by atoms with Gasteiger partial charge in [0.25, 0.3) is 0 Å². The second-order valence-electron chi connectivity index (χ2n) is 4.54. The molecule has 2 N–H and O–H groups in total. The molecule has 1 saturated heterocycles. The smallest absolute Gasteiger partial charge is 0.243 e. The molecule has 0 bridgehead atoms. The van der Waals surface area contributed by atoms with E-state index in [1.165, 1.54) is 16.4 Å². The van der Waals surface area contributed by atoms with Crippen LogP contribution in [0.1, 0.15) is 6.92 Å². The Morgan fingerprint density at radius 2 is 2.11 bits per heavy atom. The largest absolute Gasteiger partial charge is 0.326 e. The Bertz CT molecular complexity index is 554. The van der Waals surface area contributed by atoms with E-state index < -0.39 is 10.0 Å². The van der Waals surface area contributed by atoms with Gasteiger partial charge in [-0.15, -0.1) is 0 Å². The molecular weight excluding hydrogens is 340 g/mol. The van der Waals surface area contributed by atoms with Crippen molar-refractivity contribution in [2.75, 3.05) is 13.1 Å². The molecule has 1 aliphatic heterocycles. The molecule has 1 heterocycles. The molecule has 4 nitrogen and oxygen atoms in total. The van der Waals surface area contributed by atoms with Gasteiger partial charge in [0.1, 0.15) is 0 Å². The quantitative estimate of drug-likeness (QED) is 0.885. The van der Waals surface area contributed by atoms with Crippen molar-refractivity contribution in [1.82, 2.24) is 4.31 Å². The molecule has 2 unspecified atom stereocenters. The number of hydrogen-bond donors (Lipinski definition) is 1. The highest BCUT2D eigenvalue weighted by molar-refractivity contribution is 9.10. The summed E-state index contributed by atoms with van der Waals surface area (Å²) in [6.07, 6.45) is 0. The van der Waals surface area contributed by atoms with E-state index in [4.69, 9.17) is 17.3 Å². The fourth-order valence-corrected chi connectivity index (χ4v) is 4.18. The van der Waals surface area contributed by atoms with Gasteiger partial charge in [-0.25, -0.2) is 8.42 Å². The summed E-state index contributed by atoms with van der Waals surface area (Å²) < 4.78 is 26.8. The SMILES string of the molecule is CC1CN(S(=O)(=O)c2ccc(Cl)c(Br)c2)CC1N. The van der Waals surface area contributed by atoms with Crippen molar-refractivity contribution in [1.29, 1.82) is 0 Å². The molecule has 0 spiro atoms. The highest BCUT2D eigenvalue weighted by Gasteiger charge is 2.35. The summed E-state index contributed by atoms with van der Waals surface area (Å²) in [6, 6.07) is 4.50. The standard InChI is InChI=1S/C11H14BrClN2O2S/c1-7-5-15(6-11(7)14)18(16,17)8-2-3-10(13)9(12)4-8/h2-4,7,11H,5-6,14H2,1H3. The third-order valence-electron chi connectivity index (χ3n) is 3.17. The van der Waals surface area contributed by atoms with E-state index in [2.05, 4.69) is 15.9 Å². The maximum absolute atomic E-state index is 12.4. The van der Waals surface area contributed by atoms with Crippen molar-refractivity contribution >= 4 is 37.6 Å². The summed E-state index contributed by atoms with van der Waals surface area (Å²) >= 11 is 9.09. The van der Waals surface area contributed by atoms with Gasteiger partial charge in [0.15, 0.2) is 0 Å². The Morgan fingerprint density at radius 1 is 1.44 bits per heavy atom. The van der Waals surface area contributed by atoms with Gasteiger partial charge in [-0.1, -0.05) is 18.5 Å². The lowest BCUT2D eigenvalue weighted by molar-refractivity contribution is 0.464. The van der Waals surface area contributed by atoms with Gasteiger partial charge < -0.3 is 5.73 Å². The van der Waals surface area contributed by atoms with Gasteiger partial charge in [0, 0.05) is 23.6 Å². The first-order valence-electron chi connectivity index (χ1n) is 5.53. The molecule has 1 aromatic rings. The Morgan fingerprint density at radius 3 is 2.61 bits per heavy atom. The molecule has 2 atom stereocenters. The van der Waals surface area contributed by atoms with Crippen LogP contribution >= 0.6 is 27.5 Å². The summed E-state index contributed by atoms with van der Waals surface area (Å²) in [5.41, 5.74) is 5.86. The summed E-state index contributed by atoms with van der Waals surface area (Å²) in [4.78, 5) is 0.236. The van der Waals surface area contributed by atoms with Crippen molar-refractivity contribution < 1.29 is 8.42 Å². The first-order chi connectivity index (χ1) is 8.32. The van der Waals surface area contributed by atoms with Crippen LogP contribution in [-0.4, -0.2) is 31.9 Å². The van der Waals surface area contributed by atoms with Gasteiger partial charge in [0.2, 0.25) is 10.0 Å². The number of rotatable bonds is 2. The molecule has 1 aromatic carbocycles. The first-order valence-corrected chi connectivity index (χ1v) is 8.14. The first kappa shape index (κ1) is 14.3. The molecular formula is C11H14BrClN2O2S. The van der Waals surface area contributed by atoms with Gasteiger partial charge >= 0.3 is 0 Å². The molecule has 1 fully saturated rings. The zero-order chi connectivity index (χ0) is 13.5. The van der Waals surface area contributed by atoms with Crippen LogP contribution in [0.25, 0.3) is 0 Å². The zero-order valence-electron chi connectivity index (χ0n) is 9.81. The summed E-state index contributed by atoms with van der Waals surface area (Å²) in [7, 11) is -3.48. The maximum atomic E-state index is 12.4. The predicted octanol–water partition coefficient (Wildman–Crippen LogP) is 2.07. The molecule has 0 saturated carbocycles. The van der Waals surface area contributed by atoms with Gasteiger partial charge in [-0.05, 0) is 40.0 Å². The van der Waals surface area contributed by atoms with Crippen LogP contribution < -0.4 is 5.73 Å². The summed E-state index contributed by atoms with van der Waals surface area (Å²) in [5, 5.41) is 0.487. The van der Waals surface area contributed by atoms with E-state index in [0.29, 0.717) is 22.6 Å². The topological polar surface area (TPSA) is 63.4 Å². The van der Waals surface area contributed by atoms with E-state index in [1.54, 1.807) is 6.07 Å². The lowest BCUT2D eigenvalue weighted by Crippen LogP contribution is -2.32. The lowest BCUT2D eigenvalue weighted by Gasteiger charge is -2.16. The third-order valence-corrected chi connectivity index (χ3v) is 6.21. The molecule has 2 rings (SSSR count).